The smallest absolute Gasteiger partial charge is 0.204 e. The third-order valence-electron chi connectivity index (χ3n) is 4.85. The first kappa shape index (κ1) is 18.8. The molecule has 0 atom stereocenters. The van der Waals surface area contributed by atoms with Gasteiger partial charge in [0.1, 0.15) is 0 Å². The van der Waals surface area contributed by atoms with Gasteiger partial charge in [0, 0.05) is 5.56 Å². The van der Waals surface area contributed by atoms with Crippen molar-refractivity contribution in [3.63, 3.8) is 0 Å². The Kier molecular flexibility index (Phi) is 5.41. The lowest BCUT2D eigenvalue weighted by atomic mass is 9.87. The van der Waals surface area contributed by atoms with Crippen LogP contribution in [0.1, 0.15) is 43.7 Å². The molecule has 0 aliphatic heterocycles. The Bertz CT molecular complexity index is 809. The summed E-state index contributed by atoms with van der Waals surface area (Å²) in [6.45, 7) is 9.90. The quantitative estimate of drug-likeness (QED) is 0.751. The molecule has 0 spiro atoms. The van der Waals surface area contributed by atoms with Crippen LogP contribution in [-0.4, -0.2) is 27.1 Å². The predicted octanol–water partition coefficient (Wildman–Crippen LogP) is 4.49. The van der Waals surface area contributed by atoms with E-state index in [1.54, 1.807) is 7.11 Å². The monoisotopic (exact) mass is 342 g/mol. The number of ketones is 1. The van der Waals surface area contributed by atoms with Gasteiger partial charge in [-0.05, 0) is 68.5 Å². The van der Waals surface area contributed by atoms with E-state index in [4.69, 9.17) is 14.2 Å². The number of aryl methyl sites for hydroxylation is 3. The average molecular weight is 342 g/mol. The zero-order valence-electron chi connectivity index (χ0n) is 16.3. The second-order valence-electron chi connectivity index (χ2n) is 6.30. The van der Waals surface area contributed by atoms with Gasteiger partial charge in [-0.15, -0.1) is 0 Å². The summed E-state index contributed by atoms with van der Waals surface area (Å²) in [6.07, 6.45) is 0. The second-order valence-corrected chi connectivity index (χ2v) is 6.30. The molecule has 0 unspecified atom stereocenters. The van der Waals surface area contributed by atoms with E-state index in [-0.39, 0.29) is 5.78 Å². The van der Waals surface area contributed by atoms with E-state index in [1.807, 2.05) is 40.7 Å². The zero-order chi connectivity index (χ0) is 18.9. The summed E-state index contributed by atoms with van der Waals surface area (Å²) in [5, 5.41) is 0. The second kappa shape index (κ2) is 7.18. The van der Waals surface area contributed by atoms with Crippen molar-refractivity contribution in [2.45, 2.75) is 34.6 Å². The van der Waals surface area contributed by atoms with Gasteiger partial charge in [-0.25, -0.2) is 0 Å². The zero-order valence-corrected chi connectivity index (χ0v) is 16.3. The number of hydrogen-bond acceptors (Lipinski definition) is 4. The predicted molar refractivity (Wildman–Crippen MR) is 99.7 cm³/mol. The van der Waals surface area contributed by atoms with Crippen molar-refractivity contribution in [2.75, 3.05) is 21.3 Å². The summed E-state index contributed by atoms with van der Waals surface area (Å²) in [4.78, 5) is 13.5. The van der Waals surface area contributed by atoms with Gasteiger partial charge in [0.2, 0.25) is 5.75 Å². The molecule has 0 aliphatic carbocycles. The highest BCUT2D eigenvalue weighted by Gasteiger charge is 2.27. The maximum Gasteiger partial charge on any atom is 0.204 e. The Morgan fingerprint density at radius 1 is 0.680 bits per heavy atom. The van der Waals surface area contributed by atoms with E-state index in [0.29, 0.717) is 22.8 Å². The van der Waals surface area contributed by atoms with Crippen LogP contribution in [0.25, 0.3) is 0 Å². The first-order valence-electron chi connectivity index (χ1n) is 8.20. The highest BCUT2D eigenvalue weighted by atomic mass is 16.5. The Balaban J connectivity index is 2.82. The third-order valence-corrected chi connectivity index (χ3v) is 4.85. The normalized spacial score (nSPS) is 10.6. The van der Waals surface area contributed by atoms with Crippen LogP contribution in [-0.2, 0) is 0 Å². The van der Waals surface area contributed by atoms with Crippen LogP contribution in [0.5, 0.6) is 17.2 Å². The lowest BCUT2D eigenvalue weighted by Gasteiger charge is -2.20. The van der Waals surface area contributed by atoms with Crippen molar-refractivity contribution >= 4 is 5.78 Å². The van der Waals surface area contributed by atoms with Gasteiger partial charge in [-0.1, -0.05) is 6.07 Å². The van der Waals surface area contributed by atoms with Crippen molar-refractivity contribution in [1.82, 2.24) is 0 Å². The van der Waals surface area contributed by atoms with Gasteiger partial charge in [0.15, 0.2) is 17.3 Å². The molecule has 0 heterocycles. The topological polar surface area (TPSA) is 44.8 Å². The van der Waals surface area contributed by atoms with E-state index in [1.165, 1.54) is 14.2 Å². The molecule has 0 bridgehead atoms. The summed E-state index contributed by atoms with van der Waals surface area (Å²) in [5.74, 6) is 1.32. The van der Waals surface area contributed by atoms with Crippen molar-refractivity contribution in [2.24, 2.45) is 0 Å². The molecule has 0 aliphatic rings. The molecule has 0 saturated carbocycles. The maximum atomic E-state index is 13.5. The highest BCUT2D eigenvalue weighted by molar-refractivity contribution is 6.14. The minimum Gasteiger partial charge on any atom is -0.493 e. The fourth-order valence-electron chi connectivity index (χ4n) is 3.24. The number of carbonyl (C=O) groups excluding carboxylic acids is 1. The van der Waals surface area contributed by atoms with Gasteiger partial charge in [-0.3, -0.25) is 4.79 Å². The Hall–Kier alpha value is -2.49. The molecule has 0 aromatic heterocycles. The van der Waals surface area contributed by atoms with Crippen molar-refractivity contribution < 1.29 is 19.0 Å². The molecular formula is C21H26O4. The average Bonchev–Trinajstić information content (AvgIpc) is 2.58. The van der Waals surface area contributed by atoms with E-state index >= 15 is 0 Å². The molecule has 4 heteroatoms. The highest BCUT2D eigenvalue weighted by Crippen LogP contribution is 2.43. The number of hydrogen-bond donors (Lipinski definition) is 0. The van der Waals surface area contributed by atoms with E-state index < -0.39 is 0 Å². The Labute approximate surface area is 149 Å². The molecule has 134 valence electrons. The van der Waals surface area contributed by atoms with Gasteiger partial charge in [0.05, 0.1) is 26.9 Å². The van der Waals surface area contributed by atoms with E-state index in [2.05, 4.69) is 6.07 Å². The van der Waals surface area contributed by atoms with Crippen LogP contribution in [0.3, 0.4) is 0 Å². The summed E-state index contributed by atoms with van der Waals surface area (Å²) >= 11 is 0. The van der Waals surface area contributed by atoms with Crippen LogP contribution in [0.2, 0.25) is 0 Å². The lowest BCUT2D eigenvalue weighted by molar-refractivity contribution is 0.103. The van der Waals surface area contributed by atoms with Crippen LogP contribution >= 0.6 is 0 Å². The largest absolute Gasteiger partial charge is 0.493 e. The van der Waals surface area contributed by atoms with Crippen molar-refractivity contribution in [1.29, 1.82) is 0 Å². The molecule has 25 heavy (non-hydrogen) atoms. The van der Waals surface area contributed by atoms with Gasteiger partial charge >= 0.3 is 0 Å². The number of rotatable bonds is 5. The van der Waals surface area contributed by atoms with Crippen molar-refractivity contribution in [3.8, 4) is 17.2 Å². The van der Waals surface area contributed by atoms with Gasteiger partial charge < -0.3 is 14.2 Å². The lowest BCUT2D eigenvalue weighted by Crippen LogP contribution is -2.13. The maximum absolute atomic E-state index is 13.5. The fraction of sp³-hybridized carbons (Fsp3) is 0.381. The first-order chi connectivity index (χ1) is 11.8. The fourth-order valence-corrected chi connectivity index (χ4v) is 3.24. The summed E-state index contributed by atoms with van der Waals surface area (Å²) < 4.78 is 16.4. The number of benzene rings is 2. The first-order valence-corrected chi connectivity index (χ1v) is 8.20. The number of ether oxygens (including phenoxy) is 3. The summed E-state index contributed by atoms with van der Waals surface area (Å²) in [5.41, 5.74) is 6.21. The van der Waals surface area contributed by atoms with Crippen LogP contribution in [0.15, 0.2) is 12.1 Å². The number of methoxy groups -OCH3 is 3. The van der Waals surface area contributed by atoms with E-state index in [0.717, 1.165) is 33.4 Å². The molecular weight excluding hydrogens is 316 g/mol. The molecule has 4 nitrogen and oxygen atoms in total. The van der Waals surface area contributed by atoms with Gasteiger partial charge in [-0.2, -0.15) is 0 Å². The minimum atomic E-state index is -0.0582. The number of carbonyl (C=O) groups is 1. The molecule has 2 aromatic rings. The Morgan fingerprint density at radius 3 is 1.64 bits per heavy atom. The molecule has 0 fully saturated rings. The molecule has 0 amide bonds. The minimum absolute atomic E-state index is 0.0582. The van der Waals surface area contributed by atoms with Crippen molar-refractivity contribution in [3.05, 3.63) is 51.1 Å². The third kappa shape index (κ3) is 3.09. The molecule has 2 aromatic carbocycles. The van der Waals surface area contributed by atoms with Crippen LogP contribution < -0.4 is 14.2 Å². The SMILES string of the molecule is COc1cc(C)c(C(=O)c2c(C)c(C)cc(C)c2C)c(OC)c1OC. The molecule has 0 N–H and O–H groups in total. The standard InChI is InChI=1S/C21H26O4/c1-11-9-12(2)15(5)18(14(11)4)19(22)17-13(3)10-16(23-6)20(24-7)21(17)25-8/h9-10H,1-8H3. The molecule has 2 rings (SSSR count). The Morgan fingerprint density at radius 2 is 1.20 bits per heavy atom. The van der Waals surface area contributed by atoms with E-state index in [9.17, 15) is 4.79 Å². The summed E-state index contributed by atoms with van der Waals surface area (Å²) in [7, 11) is 4.64. The summed E-state index contributed by atoms with van der Waals surface area (Å²) in [6, 6.07) is 3.92. The van der Waals surface area contributed by atoms with Crippen LogP contribution in [0, 0.1) is 34.6 Å². The molecule has 0 saturated heterocycles. The molecule has 0 radical (unpaired) electrons. The van der Waals surface area contributed by atoms with Crippen LogP contribution in [0.4, 0.5) is 0 Å². The van der Waals surface area contributed by atoms with Gasteiger partial charge in [0.25, 0.3) is 0 Å².